The zero-order valence-electron chi connectivity index (χ0n) is 12.6. The summed E-state index contributed by atoms with van der Waals surface area (Å²) in [7, 11) is 0. The molecule has 0 saturated heterocycles. The molecule has 1 aromatic rings. The largest absolute Gasteiger partial charge is 0.480 e. The van der Waals surface area contributed by atoms with Crippen LogP contribution in [0.5, 0.6) is 0 Å². The molecule has 1 rings (SSSR count). The molecule has 4 nitrogen and oxygen atoms in total. The van der Waals surface area contributed by atoms with Crippen LogP contribution in [0.2, 0.25) is 0 Å². The molecule has 0 saturated carbocycles. The van der Waals surface area contributed by atoms with Gasteiger partial charge in [0.2, 0.25) is 5.91 Å². The first-order valence-electron chi connectivity index (χ1n) is 7.16. The lowest BCUT2D eigenvalue weighted by atomic mass is 9.87. The molecule has 0 aliphatic heterocycles. The van der Waals surface area contributed by atoms with Gasteiger partial charge in [0.05, 0.1) is 5.92 Å². The molecule has 2 atom stereocenters. The normalized spacial score (nSPS) is 13.5. The number of hydrogen-bond donors (Lipinski definition) is 2. The van der Waals surface area contributed by atoms with E-state index in [4.69, 9.17) is 0 Å². The molecular weight excluding hydrogens is 266 g/mol. The lowest BCUT2D eigenvalue weighted by Gasteiger charge is -2.23. The summed E-state index contributed by atoms with van der Waals surface area (Å²) < 4.78 is 0. The van der Waals surface area contributed by atoms with Crippen molar-refractivity contribution in [2.45, 2.75) is 38.6 Å². The van der Waals surface area contributed by atoms with Crippen LogP contribution in [0, 0.1) is 5.92 Å². The Morgan fingerprint density at radius 1 is 1.29 bits per heavy atom. The summed E-state index contributed by atoms with van der Waals surface area (Å²) in [5, 5.41) is 11.8. The molecule has 1 aromatic carbocycles. The van der Waals surface area contributed by atoms with Gasteiger partial charge in [0.1, 0.15) is 6.04 Å². The minimum absolute atomic E-state index is 0.0845. The smallest absolute Gasteiger partial charge is 0.326 e. The summed E-state index contributed by atoms with van der Waals surface area (Å²) in [4.78, 5) is 23.7. The molecule has 0 heterocycles. The quantitative estimate of drug-likeness (QED) is 0.723. The summed E-state index contributed by atoms with van der Waals surface area (Å²) >= 11 is 0. The number of carbonyl (C=O) groups excluding carboxylic acids is 1. The van der Waals surface area contributed by atoms with Gasteiger partial charge in [-0.05, 0) is 24.3 Å². The summed E-state index contributed by atoms with van der Waals surface area (Å²) in [6.45, 7) is 7.49. The Morgan fingerprint density at radius 3 is 2.38 bits per heavy atom. The van der Waals surface area contributed by atoms with E-state index in [1.165, 1.54) is 0 Å². The van der Waals surface area contributed by atoms with Gasteiger partial charge in [0.15, 0.2) is 0 Å². The van der Waals surface area contributed by atoms with Crippen molar-refractivity contribution in [1.29, 1.82) is 0 Å². The van der Waals surface area contributed by atoms with Crippen molar-refractivity contribution in [1.82, 2.24) is 5.32 Å². The number of carbonyl (C=O) groups is 2. The second kappa shape index (κ2) is 8.25. The molecule has 4 heteroatoms. The number of nitrogens with one attached hydrogen (secondary N) is 1. The Morgan fingerprint density at radius 2 is 1.90 bits per heavy atom. The van der Waals surface area contributed by atoms with Gasteiger partial charge in [-0.2, -0.15) is 0 Å². The molecule has 0 bridgehead atoms. The summed E-state index contributed by atoms with van der Waals surface area (Å²) in [5.41, 5.74) is 0.901. The van der Waals surface area contributed by atoms with E-state index in [1.807, 2.05) is 44.2 Å². The number of benzene rings is 1. The number of carboxylic acids is 1. The van der Waals surface area contributed by atoms with E-state index in [9.17, 15) is 14.7 Å². The number of allylic oxidation sites excluding steroid dienone is 1. The first-order chi connectivity index (χ1) is 9.97. The van der Waals surface area contributed by atoms with E-state index in [2.05, 4.69) is 11.9 Å². The van der Waals surface area contributed by atoms with Gasteiger partial charge in [-0.25, -0.2) is 4.79 Å². The molecular formula is C17H23NO3. The first-order valence-corrected chi connectivity index (χ1v) is 7.16. The van der Waals surface area contributed by atoms with Crippen LogP contribution < -0.4 is 5.32 Å². The molecule has 0 radical (unpaired) electrons. The van der Waals surface area contributed by atoms with E-state index < -0.39 is 12.0 Å². The Kier molecular flexibility index (Phi) is 6.66. The molecule has 1 amide bonds. The van der Waals surface area contributed by atoms with Crippen molar-refractivity contribution < 1.29 is 14.7 Å². The molecule has 0 aromatic heterocycles. The van der Waals surface area contributed by atoms with E-state index in [0.29, 0.717) is 12.8 Å². The summed E-state index contributed by atoms with van der Waals surface area (Å²) in [6.07, 6.45) is 2.55. The zero-order valence-corrected chi connectivity index (χ0v) is 12.6. The molecule has 21 heavy (non-hydrogen) atoms. The van der Waals surface area contributed by atoms with Crippen molar-refractivity contribution in [3.63, 3.8) is 0 Å². The number of aliphatic carboxylic acids is 1. The van der Waals surface area contributed by atoms with Crippen LogP contribution in [-0.2, 0) is 9.59 Å². The second-order valence-corrected chi connectivity index (χ2v) is 5.40. The first kappa shape index (κ1) is 17.0. The van der Waals surface area contributed by atoms with Crippen molar-refractivity contribution in [2.24, 2.45) is 5.92 Å². The van der Waals surface area contributed by atoms with E-state index in [0.717, 1.165) is 5.56 Å². The fourth-order valence-corrected chi connectivity index (χ4v) is 2.30. The minimum Gasteiger partial charge on any atom is -0.480 e. The third-order valence-electron chi connectivity index (χ3n) is 3.38. The van der Waals surface area contributed by atoms with Gasteiger partial charge in [-0.15, -0.1) is 6.58 Å². The van der Waals surface area contributed by atoms with Crippen molar-refractivity contribution in [3.05, 3.63) is 48.6 Å². The molecule has 0 spiro atoms. The van der Waals surface area contributed by atoms with Crippen LogP contribution in [0.25, 0.3) is 0 Å². The lowest BCUT2D eigenvalue weighted by molar-refractivity contribution is -0.142. The van der Waals surface area contributed by atoms with E-state index >= 15 is 0 Å². The van der Waals surface area contributed by atoms with Crippen LogP contribution in [0.15, 0.2) is 43.0 Å². The lowest BCUT2D eigenvalue weighted by Crippen LogP contribution is -2.43. The minimum atomic E-state index is -1.01. The van der Waals surface area contributed by atoms with Crippen LogP contribution in [0.4, 0.5) is 0 Å². The summed E-state index contributed by atoms with van der Waals surface area (Å²) in [5.74, 6) is -1.52. The number of amides is 1. The Bertz CT molecular complexity index is 482. The van der Waals surface area contributed by atoms with Crippen LogP contribution in [0.3, 0.4) is 0 Å². The average Bonchev–Trinajstić information content (AvgIpc) is 2.44. The predicted octanol–water partition coefficient (Wildman–Crippen LogP) is 2.96. The number of hydrogen-bond acceptors (Lipinski definition) is 2. The van der Waals surface area contributed by atoms with Crippen LogP contribution >= 0.6 is 0 Å². The zero-order chi connectivity index (χ0) is 15.8. The highest BCUT2D eigenvalue weighted by Gasteiger charge is 2.28. The van der Waals surface area contributed by atoms with Crippen molar-refractivity contribution in [3.8, 4) is 0 Å². The van der Waals surface area contributed by atoms with Crippen LogP contribution in [0.1, 0.15) is 38.2 Å². The third-order valence-corrected chi connectivity index (χ3v) is 3.38. The van der Waals surface area contributed by atoms with Gasteiger partial charge < -0.3 is 10.4 Å². The monoisotopic (exact) mass is 289 g/mol. The fraction of sp³-hybridized carbons (Fsp3) is 0.412. The number of carboxylic acid groups (broad SMARTS) is 1. The molecule has 2 N–H and O–H groups in total. The summed E-state index contributed by atoms with van der Waals surface area (Å²) in [6, 6.07) is 8.56. The third kappa shape index (κ3) is 5.06. The fourth-order valence-electron chi connectivity index (χ4n) is 2.30. The van der Waals surface area contributed by atoms with Gasteiger partial charge >= 0.3 is 5.97 Å². The maximum Gasteiger partial charge on any atom is 0.326 e. The maximum absolute atomic E-state index is 12.5. The highest BCUT2D eigenvalue weighted by atomic mass is 16.4. The molecule has 2 unspecified atom stereocenters. The predicted molar refractivity (Wildman–Crippen MR) is 83.0 cm³/mol. The average molecular weight is 289 g/mol. The SMILES string of the molecule is C=CCCC(NC(=O)C(c1ccccc1)C(C)C)C(=O)O. The molecule has 0 fully saturated rings. The van der Waals surface area contributed by atoms with Crippen molar-refractivity contribution >= 4 is 11.9 Å². The highest BCUT2D eigenvalue weighted by Crippen LogP contribution is 2.24. The Labute approximate surface area is 125 Å². The van der Waals surface area contributed by atoms with Gasteiger partial charge in [0.25, 0.3) is 0 Å². The second-order valence-electron chi connectivity index (χ2n) is 5.40. The standard InChI is InChI=1S/C17H23NO3/c1-4-5-11-14(17(20)21)18-16(19)15(12(2)3)13-9-7-6-8-10-13/h4,6-10,12,14-15H,1,5,11H2,2-3H3,(H,18,19)(H,20,21). The molecule has 0 aliphatic rings. The van der Waals surface area contributed by atoms with E-state index in [1.54, 1.807) is 6.08 Å². The Balaban J connectivity index is 2.86. The van der Waals surface area contributed by atoms with Gasteiger partial charge in [0, 0.05) is 0 Å². The molecule has 0 aliphatic carbocycles. The van der Waals surface area contributed by atoms with Crippen LogP contribution in [-0.4, -0.2) is 23.0 Å². The maximum atomic E-state index is 12.5. The number of rotatable bonds is 8. The Hall–Kier alpha value is -2.10. The highest BCUT2D eigenvalue weighted by molar-refractivity contribution is 5.88. The van der Waals surface area contributed by atoms with Gasteiger partial charge in [-0.3, -0.25) is 4.79 Å². The topological polar surface area (TPSA) is 66.4 Å². The van der Waals surface area contributed by atoms with E-state index in [-0.39, 0.29) is 17.7 Å². The van der Waals surface area contributed by atoms with Gasteiger partial charge in [-0.1, -0.05) is 50.3 Å². The molecule has 114 valence electrons. The van der Waals surface area contributed by atoms with Crippen molar-refractivity contribution in [2.75, 3.05) is 0 Å².